The highest BCUT2D eigenvalue weighted by Crippen LogP contribution is 1.71. The van der Waals surface area contributed by atoms with Crippen LogP contribution in [0.15, 0.2) is 6.08 Å². The molecule has 1 radical (unpaired) electrons. The van der Waals surface area contributed by atoms with Crippen LogP contribution in [-0.4, -0.2) is 38.0 Å². The van der Waals surface area contributed by atoms with Crippen LogP contribution in [0, 0.1) is 6.58 Å². The third kappa shape index (κ3) is 5.31. The highest BCUT2D eigenvalue weighted by Gasteiger charge is 1.92. The van der Waals surface area contributed by atoms with Crippen molar-refractivity contribution in [1.82, 2.24) is 10.2 Å². The van der Waals surface area contributed by atoms with E-state index in [-0.39, 0.29) is 5.91 Å². The summed E-state index contributed by atoms with van der Waals surface area (Å²) in [6, 6.07) is 0. The highest BCUT2D eigenvalue weighted by atomic mass is 16.1. The molecule has 57 valence electrons. The highest BCUT2D eigenvalue weighted by molar-refractivity contribution is 5.86. The zero-order valence-corrected chi connectivity index (χ0v) is 6.42. The van der Waals surface area contributed by atoms with E-state index in [0.29, 0.717) is 6.54 Å². The molecule has 1 N–H and O–H groups in total. The standard InChI is InChI=1S/C7H13N2O/c1-4-7(10)8-5-6-9(2)3/h1,4H,5-6H2,2-3H3,(H,8,10). The van der Waals surface area contributed by atoms with Crippen LogP contribution in [0.1, 0.15) is 0 Å². The maximum absolute atomic E-state index is 10.5. The first-order valence-corrected chi connectivity index (χ1v) is 3.14. The van der Waals surface area contributed by atoms with E-state index in [1.54, 1.807) is 0 Å². The van der Waals surface area contributed by atoms with E-state index < -0.39 is 0 Å². The van der Waals surface area contributed by atoms with Crippen LogP contribution in [0.5, 0.6) is 0 Å². The molecule has 0 fully saturated rings. The largest absolute Gasteiger partial charge is 0.351 e. The van der Waals surface area contributed by atoms with Crippen molar-refractivity contribution in [3.05, 3.63) is 12.7 Å². The molecule has 0 saturated carbocycles. The number of carbonyl (C=O) groups excluding carboxylic acids is 1. The van der Waals surface area contributed by atoms with Crippen molar-refractivity contribution in [2.75, 3.05) is 27.2 Å². The SMILES string of the molecule is [CH]=CC(=O)NCCN(C)C. The second-order valence-corrected chi connectivity index (χ2v) is 2.26. The van der Waals surface area contributed by atoms with Crippen molar-refractivity contribution in [1.29, 1.82) is 0 Å². The molecule has 0 unspecified atom stereocenters. The first kappa shape index (κ1) is 9.17. The lowest BCUT2D eigenvalue weighted by Crippen LogP contribution is -2.29. The number of likely N-dealkylation sites (N-methyl/N-ethyl adjacent to an activating group) is 1. The molecule has 0 aliphatic heterocycles. The molecule has 0 atom stereocenters. The Hall–Kier alpha value is -0.830. The fourth-order valence-corrected chi connectivity index (χ4v) is 0.462. The number of hydrogen-bond donors (Lipinski definition) is 1. The molecule has 0 aromatic heterocycles. The molecular weight excluding hydrogens is 128 g/mol. The minimum atomic E-state index is -0.221. The van der Waals surface area contributed by atoms with Crippen molar-refractivity contribution in [2.45, 2.75) is 0 Å². The first-order valence-electron chi connectivity index (χ1n) is 3.14. The van der Waals surface area contributed by atoms with Crippen molar-refractivity contribution >= 4 is 5.91 Å². The van der Waals surface area contributed by atoms with Gasteiger partial charge in [-0.05, 0) is 14.1 Å². The summed E-state index contributed by atoms with van der Waals surface area (Å²) >= 11 is 0. The van der Waals surface area contributed by atoms with E-state index in [1.807, 2.05) is 19.0 Å². The summed E-state index contributed by atoms with van der Waals surface area (Å²) in [4.78, 5) is 12.5. The lowest BCUT2D eigenvalue weighted by molar-refractivity contribution is -0.116. The average molecular weight is 141 g/mol. The maximum Gasteiger partial charge on any atom is 0.244 e. The van der Waals surface area contributed by atoms with Crippen LogP contribution in [-0.2, 0) is 4.79 Å². The topological polar surface area (TPSA) is 32.3 Å². The summed E-state index contributed by atoms with van der Waals surface area (Å²) in [7, 11) is 3.89. The van der Waals surface area contributed by atoms with Gasteiger partial charge in [-0.25, -0.2) is 0 Å². The van der Waals surface area contributed by atoms with Gasteiger partial charge in [-0.2, -0.15) is 0 Å². The summed E-state index contributed by atoms with van der Waals surface area (Å²) in [6.45, 7) is 6.41. The van der Waals surface area contributed by atoms with E-state index in [4.69, 9.17) is 6.58 Å². The van der Waals surface area contributed by atoms with Crippen molar-refractivity contribution in [3.63, 3.8) is 0 Å². The Morgan fingerprint density at radius 2 is 2.30 bits per heavy atom. The lowest BCUT2D eigenvalue weighted by atomic mass is 10.5. The van der Waals surface area contributed by atoms with Gasteiger partial charge in [0.05, 0.1) is 0 Å². The predicted molar refractivity (Wildman–Crippen MR) is 40.4 cm³/mol. The van der Waals surface area contributed by atoms with Crippen LogP contribution in [0.3, 0.4) is 0 Å². The summed E-state index contributed by atoms with van der Waals surface area (Å²) in [5, 5.41) is 2.60. The van der Waals surface area contributed by atoms with Crippen LogP contribution < -0.4 is 5.32 Å². The summed E-state index contributed by atoms with van der Waals surface area (Å²) in [5.41, 5.74) is 0. The van der Waals surface area contributed by atoms with Gasteiger partial charge in [-0.3, -0.25) is 4.79 Å². The van der Waals surface area contributed by atoms with E-state index in [0.717, 1.165) is 12.6 Å². The van der Waals surface area contributed by atoms with Gasteiger partial charge in [0.2, 0.25) is 5.91 Å². The lowest BCUT2D eigenvalue weighted by Gasteiger charge is -2.08. The van der Waals surface area contributed by atoms with Crippen LogP contribution in [0.2, 0.25) is 0 Å². The normalized spacial score (nSPS) is 9.50. The zero-order chi connectivity index (χ0) is 7.98. The van der Waals surface area contributed by atoms with E-state index in [9.17, 15) is 4.79 Å². The van der Waals surface area contributed by atoms with Gasteiger partial charge in [0, 0.05) is 19.2 Å². The number of rotatable bonds is 4. The molecule has 1 amide bonds. The third-order valence-electron chi connectivity index (χ3n) is 1.01. The number of nitrogens with zero attached hydrogens (tertiary/aromatic N) is 1. The number of nitrogens with one attached hydrogen (secondary N) is 1. The maximum atomic E-state index is 10.5. The molecule has 3 nitrogen and oxygen atoms in total. The zero-order valence-electron chi connectivity index (χ0n) is 6.42. The fourth-order valence-electron chi connectivity index (χ4n) is 0.462. The Balaban J connectivity index is 3.19. The molecule has 0 heterocycles. The minimum Gasteiger partial charge on any atom is -0.351 e. The van der Waals surface area contributed by atoms with Crippen LogP contribution in [0.4, 0.5) is 0 Å². The molecular formula is C7H13N2O. The van der Waals surface area contributed by atoms with Gasteiger partial charge in [-0.1, -0.05) is 6.58 Å². The number of carbonyl (C=O) groups is 1. The Kier molecular flexibility index (Phi) is 4.58. The molecule has 10 heavy (non-hydrogen) atoms. The number of amides is 1. The van der Waals surface area contributed by atoms with E-state index in [2.05, 4.69) is 5.32 Å². The third-order valence-corrected chi connectivity index (χ3v) is 1.01. The Labute approximate surface area is 61.7 Å². The Morgan fingerprint density at radius 3 is 2.70 bits per heavy atom. The summed E-state index contributed by atoms with van der Waals surface area (Å²) in [6.07, 6.45) is 1.02. The second kappa shape index (κ2) is 4.99. The molecule has 0 bridgehead atoms. The van der Waals surface area contributed by atoms with Gasteiger partial charge in [0.1, 0.15) is 0 Å². The molecule has 3 heteroatoms. The van der Waals surface area contributed by atoms with E-state index >= 15 is 0 Å². The molecule has 0 rings (SSSR count). The predicted octanol–water partition coefficient (Wildman–Crippen LogP) is -0.347. The van der Waals surface area contributed by atoms with Gasteiger partial charge >= 0.3 is 0 Å². The Morgan fingerprint density at radius 1 is 1.70 bits per heavy atom. The monoisotopic (exact) mass is 141 g/mol. The fraction of sp³-hybridized carbons (Fsp3) is 0.571. The summed E-state index contributed by atoms with van der Waals surface area (Å²) in [5.74, 6) is -0.221. The van der Waals surface area contributed by atoms with Gasteiger partial charge < -0.3 is 10.2 Å². The molecule has 0 aromatic rings. The van der Waals surface area contributed by atoms with Gasteiger partial charge in [0.15, 0.2) is 0 Å². The Bertz CT molecular complexity index is 121. The minimum absolute atomic E-state index is 0.221. The van der Waals surface area contributed by atoms with E-state index in [1.165, 1.54) is 0 Å². The quantitative estimate of drug-likeness (QED) is 0.543. The first-order chi connectivity index (χ1) is 4.66. The second-order valence-electron chi connectivity index (χ2n) is 2.26. The van der Waals surface area contributed by atoms with Crippen molar-refractivity contribution in [2.24, 2.45) is 0 Å². The smallest absolute Gasteiger partial charge is 0.244 e. The van der Waals surface area contributed by atoms with Crippen molar-refractivity contribution < 1.29 is 4.79 Å². The molecule has 0 aliphatic rings. The molecule has 0 saturated heterocycles. The molecule has 0 aromatic carbocycles. The summed E-state index contributed by atoms with van der Waals surface area (Å²) < 4.78 is 0. The average Bonchev–Trinajstić information content (AvgIpc) is 1.87. The molecule has 0 spiro atoms. The van der Waals surface area contributed by atoms with Crippen molar-refractivity contribution in [3.8, 4) is 0 Å². The van der Waals surface area contributed by atoms with Gasteiger partial charge in [0.25, 0.3) is 0 Å². The molecule has 0 aliphatic carbocycles. The van der Waals surface area contributed by atoms with Crippen LogP contribution >= 0.6 is 0 Å². The van der Waals surface area contributed by atoms with Crippen LogP contribution in [0.25, 0.3) is 0 Å². The van der Waals surface area contributed by atoms with Gasteiger partial charge in [-0.15, -0.1) is 0 Å². The number of hydrogen-bond acceptors (Lipinski definition) is 2.